The lowest BCUT2D eigenvalue weighted by molar-refractivity contribution is 0.193. The summed E-state index contributed by atoms with van der Waals surface area (Å²) in [6, 6.07) is 5.19. The summed E-state index contributed by atoms with van der Waals surface area (Å²) in [5.74, 6) is 0. The number of aliphatic hydroxyl groups excluding tert-OH is 1. The molecule has 0 bridgehead atoms. The normalized spacial score (nSPS) is 13.4. The van der Waals surface area contributed by atoms with E-state index in [9.17, 15) is 5.11 Å². The van der Waals surface area contributed by atoms with Gasteiger partial charge in [0.05, 0.1) is 0 Å². The number of aliphatic hydroxyl groups is 1. The molecule has 1 aromatic carbocycles. The summed E-state index contributed by atoms with van der Waals surface area (Å²) in [6.45, 7) is 1.86. The second kappa shape index (κ2) is 4.52. The minimum absolute atomic E-state index is 0.664. The van der Waals surface area contributed by atoms with Gasteiger partial charge in [0.15, 0.2) is 0 Å². The lowest BCUT2D eigenvalue weighted by Crippen LogP contribution is -2.05. The molecule has 4 heteroatoms. The first kappa shape index (κ1) is 11.1. The predicted molar refractivity (Wildman–Crippen MR) is 56.6 cm³/mol. The Labute approximate surface area is 92.2 Å². The van der Waals surface area contributed by atoms with Gasteiger partial charge >= 0.3 is 0 Å². The number of aryl methyl sites for hydroxylation is 1. The van der Waals surface area contributed by atoms with Crippen molar-refractivity contribution < 1.29 is 5.11 Å². The molecular weight excluding hydrogens is 230 g/mol. The molecule has 1 N–H and O–H groups in total. The van der Waals surface area contributed by atoms with E-state index in [1.54, 1.807) is 18.2 Å². The Hall–Kier alpha value is 0.0500. The Morgan fingerprint density at radius 3 is 2.38 bits per heavy atom. The van der Waals surface area contributed by atoms with Crippen LogP contribution in [0.2, 0.25) is 5.02 Å². The fourth-order valence-corrected chi connectivity index (χ4v) is 1.41. The van der Waals surface area contributed by atoms with E-state index in [0.29, 0.717) is 10.6 Å². The van der Waals surface area contributed by atoms with Gasteiger partial charge in [-0.25, -0.2) is 0 Å². The summed E-state index contributed by atoms with van der Waals surface area (Å²) < 4.78 is 0. The summed E-state index contributed by atoms with van der Waals surface area (Å²) in [5, 5.41) is 10.2. The van der Waals surface area contributed by atoms with Crippen LogP contribution in [0.25, 0.3) is 0 Å². The van der Waals surface area contributed by atoms with Gasteiger partial charge in [-0.1, -0.05) is 23.7 Å². The molecule has 1 atom stereocenters. The molecule has 0 aliphatic heterocycles. The maximum absolute atomic E-state index is 9.51. The van der Waals surface area contributed by atoms with Crippen molar-refractivity contribution in [3.05, 3.63) is 34.3 Å². The van der Waals surface area contributed by atoms with E-state index in [4.69, 9.17) is 34.8 Å². The van der Waals surface area contributed by atoms with Crippen LogP contribution in [-0.2, 0) is 0 Å². The lowest BCUT2D eigenvalue weighted by atomic mass is 10.1. The Balaban J connectivity index is 2.97. The summed E-state index contributed by atoms with van der Waals surface area (Å²) >= 11 is 16.9. The zero-order valence-corrected chi connectivity index (χ0v) is 9.24. The van der Waals surface area contributed by atoms with Crippen molar-refractivity contribution in [3.8, 4) is 0 Å². The number of halogens is 3. The fourth-order valence-electron chi connectivity index (χ4n) is 0.997. The highest BCUT2D eigenvalue weighted by molar-refractivity contribution is 6.44. The predicted octanol–water partition coefficient (Wildman–Crippen LogP) is 3.49. The average molecular weight is 240 g/mol. The molecule has 0 fully saturated rings. The first-order valence-electron chi connectivity index (χ1n) is 3.74. The van der Waals surface area contributed by atoms with E-state index in [1.807, 2.05) is 6.92 Å². The molecule has 1 aromatic rings. The Kier molecular flexibility index (Phi) is 3.87. The van der Waals surface area contributed by atoms with E-state index in [1.165, 1.54) is 0 Å². The maximum atomic E-state index is 9.51. The third kappa shape index (κ3) is 2.75. The van der Waals surface area contributed by atoms with Crippen LogP contribution in [0.4, 0.5) is 0 Å². The van der Waals surface area contributed by atoms with Crippen LogP contribution in [0.1, 0.15) is 17.2 Å². The van der Waals surface area contributed by atoms with Crippen LogP contribution in [0, 0.1) is 6.92 Å². The summed E-state index contributed by atoms with van der Waals surface area (Å²) in [6.07, 6.45) is -0.862. The summed E-state index contributed by atoms with van der Waals surface area (Å²) in [7, 11) is 0. The standard InChI is InChI=1S/C9H9Cl3O/c1-5-4-6(2-3-7(5)10)8(13)9(11)12/h2-4,8-9,13H,1H3. The molecule has 13 heavy (non-hydrogen) atoms. The number of hydrogen-bond donors (Lipinski definition) is 1. The van der Waals surface area contributed by atoms with Gasteiger partial charge in [0, 0.05) is 5.02 Å². The van der Waals surface area contributed by atoms with Gasteiger partial charge in [-0.3, -0.25) is 0 Å². The van der Waals surface area contributed by atoms with Gasteiger partial charge in [0.2, 0.25) is 0 Å². The molecule has 0 saturated carbocycles. The number of rotatable bonds is 2. The van der Waals surface area contributed by atoms with E-state index < -0.39 is 10.9 Å². The van der Waals surface area contributed by atoms with Crippen molar-refractivity contribution in [3.63, 3.8) is 0 Å². The number of hydrogen-bond acceptors (Lipinski definition) is 1. The van der Waals surface area contributed by atoms with Crippen molar-refractivity contribution >= 4 is 34.8 Å². The highest BCUT2D eigenvalue weighted by atomic mass is 35.5. The molecule has 0 heterocycles. The van der Waals surface area contributed by atoms with Crippen molar-refractivity contribution in [2.24, 2.45) is 0 Å². The largest absolute Gasteiger partial charge is 0.386 e. The first-order valence-corrected chi connectivity index (χ1v) is 4.99. The van der Waals surface area contributed by atoms with Crippen LogP contribution in [0.5, 0.6) is 0 Å². The molecule has 0 aliphatic rings. The Bertz CT molecular complexity index is 299. The molecule has 1 rings (SSSR count). The van der Waals surface area contributed by atoms with Crippen molar-refractivity contribution in [2.45, 2.75) is 17.9 Å². The highest BCUT2D eigenvalue weighted by Gasteiger charge is 2.15. The Morgan fingerprint density at radius 1 is 1.31 bits per heavy atom. The minimum Gasteiger partial charge on any atom is -0.386 e. The molecule has 0 amide bonds. The monoisotopic (exact) mass is 238 g/mol. The molecule has 0 radical (unpaired) electrons. The van der Waals surface area contributed by atoms with Gasteiger partial charge in [0.1, 0.15) is 10.9 Å². The average Bonchev–Trinajstić information content (AvgIpc) is 2.08. The lowest BCUT2D eigenvalue weighted by Gasteiger charge is -2.12. The second-order valence-corrected chi connectivity index (χ2v) is 4.36. The third-order valence-electron chi connectivity index (χ3n) is 1.76. The van der Waals surface area contributed by atoms with Crippen molar-refractivity contribution in [2.75, 3.05) is 0 Å². The zero-order valence-electron chi connectivity index (χ0n) is 6.97. The Morgan fingerprint density at radius 2 is 1.92 bits per heavy atom. The zero-order chi connectivity index (χ0) is 10.0. The van der Waals surface area contributed by atoms with Gasteiger partial charge in [-0.15, -0.1) is 23.2 Å². The minimum atomic E-state index is -0.862. The van der Waals surface area contributed by atoms with Crippen molar-refractivity contribution in [1.82, 2.24) is 0 Å². The molecular formula is C9H9Cl3O. The van der Waals surface area contributed by atoms with Gasteiger partial charge in [-0.2, -0.15) is 0 Å². The molecule has 0 aromatic heterocycles. The van der Waals surface area contributed by atoms with Gasteiger partial charge in [0.25, 0.3) is 0 Å². The van der Waals surface area contributed by atoms with Gasteiger partial charge in [-0.05, 0) is 24.1 Å². The fraction of sp³-hybridized carbons (Fsp3) is 0.333. The maximum Gasteiger partial charge on any atom is 0.137 e. The molecule has 0 spiro atoms. The third-order valence-corrected chi connectivity index (χ3v) is 2.66. The SMILES string of the molecule is Cc1cc(C(O)C(Cl)Cl)ccc1Cl. The molecule has 72 valence electrons. The highest BCUT2D eigenvalue weighted by Crippen LogP contribution is 2.26. The molecule has 1 nitrogen and oxygen atoms in total. The van der Waals surface area contributed by atoms with E-state index in [0.717, 1.165) is 5.56 Å². The molecule has 0 saturated heterocycles. The second-order valence-electron chi connectivity index (χ2n) is 2.79. The van der Waals surface area contributed by atoms with Crippen LogP contribution < -0.4 is 0 Å². The first-order chi connectivity index (χ1) is 6.02. The van der Waals surface area contributed by atoms with E-state index >= 15 is 0 Å². The molecule has 1 unspecified atom stereocenters. The van der Waals surface area contributed by atoms with Crippen LogP contribution in [0.15, 0.2) is 18.2 Å². The summed E-state index contributed by atoms with van der Waals surface area (Å²) in [4.78, 5) is -0.819. The van der Waals surface area contributed by atoms with Crippen LogP contribution in [0.3, 0.4) is 0 Å². The topological polar surface area (TPSA) is 20.2 Å². The number of alkyl halides is 2. The van der Waals surface area contributed by atoms with E-state index in [-0.39, 0.29) is 0 Å². The van der Waals surface area contributed by atoms with E-state index in [2.05, 4.69) is 0 Å². The summed E-state index contributed by atoms with van der Waals surface area (Å²) in [5.41, 5.74) is 1.57. The van der Waals surface area contributed by atoms with Crippen LogP contribution in [-0.4, -0.2) is 9.94 Å². The van der Waals surface area contributed by atoms with Gasteiger partial charge < -0.3 is 5.11 Å². The quantitative estimate of drug-likeness (QED) is 0.784. The smallest absolute Gasteiger partial charge is 0.137 e. The van der Waals surface area contributed by atoms with Crippen LogP contribution >= 0.6 is 34.8 Å². The van der Waals surface area contributed by atoms with Crippen molar-refractivity contribution in [1.29, 1.82) is 0 Å². The number of benzene rings is 1. The molecule has 0 aliphatic carbocycles.